The van der Waals surface area contributed by atoms with E-state index < -0.39 is 0 Å². The van der Waals surface area contributed by atoms with Crippen molar-refractivity contribution >= 4 is 41.5 Å². The van der Waals surface area contributed by atoms with Crippen LogP contribution < -0.4 is 0 Å². The summed E-state index contributed by atoms with van der Waals surface area (Å²) >= 11 is 0. The molecule has 0 aliphatic heterocycles. The van der Waals surface area contributed by atoms with E-state index in [2.05, 4.69) is 13.8 Å². The first-order valence-electron chi connectivity index (χ1n) is 12.9. The van der Waals surface area contributed by atoms with Crippen LogP contribution in [0, 0.1) is 0 Å². The molecule has 0 N–H and O–H groups in total. The molecule has 0 aliphatic rings. The summed E-state index contributed by atoms with van der Waals surface area (Å²) in [6, 6.07) is 0. The molecule has 0 rings (SSSR count). The van der Waals surface area contributed by atoms with Crippen LogP contribution >= 0.6 is 0 Å². The predicted molar refractivity (Wildman–Crippen MR) is 131 cm³/mol. The van der Waals surface area contributed by atoms with Crippen molar-refractivity contribution in [3.8, 4) is 0 Å². The van der Waals surface area contributed by atoms with E-state index in [1.807, 2.05) is 0 Å². The molecule has 0 amide bonds. The van der Waals surface area contributed by atoms with Gasteiger partial charge in [0.25, 0.3) is 0 Å². The Kier molecular flexibility index (Phi) is 29.3. The average molecular weight is 435 g/mol. The Labute approximate surface area is 210 Å². The van der Waals surface area contributed by atoms with E-state index in [9.17, 15) is 9.59 Å². The van der Waals surface area contributed by atoms with Crippen molar-refractivity contribution in [3.63, 3.8) is 0 Å². The molecule has 0 aromatic carbocycles. The average Bonchev–Trinajstić information content (AvgIpc) is 2.70. The van der Waals surface area contributed by atoms with Gasteiger partial charge in [0.15, 0.2) is 0 Å². The van der Waals surface area contributed by atoms with Gasteiger partial charge in [-0.3, -0.25) is 9.59 Å². The fourth-order valence-electron chi connectivity index (χ4n) is 3.74. The maximum atomic E-state index is 11.7. The summed E-state index contributed by atoms with van der Waals surface area (Å²) in [5.74, 6) is -0.675. The molecule has 0 heterocycles. The van der Waals surface area contributed by atoms with Crippen molar-refractivity contribution in [2.24, 2.45) is 0 Å². The van der Waals surface area contributed by atoms with Gasteiger partial charge in [0, 0.05) is 12.8 Å². The maximum absolute atomic E-state index is 11.7. The molecule has 0 unspecified atom stereocenters. The summed E-state index contributed by atoms with van der Waals surface area (Å²) in [6.45, 7) is 4.44. The van der Waals surface area contributed by atoms with Crippen LogP contribution in [0.3, 0.4) is 0 Å². The van der Waals surface area contributed by atoms with Gasteiger partial charge in [-0.2, -0.15) is 0 Å². The van der Waals surface area contributed by atoms with E-state index in [1.54, 1.807) is 0 Å². The number of unbranched alkanes of at least 4 members (excludes halogenated alkanes) is 18. The Morgan fingerprint density at radius 1 is 0.433 bits per heavy atom. The molecule has 0 atom stereocenters. The minimum absolute atomic E-state index is 0. The van der Waals surface area contributed by atoms with Crippen molar-refractivity contribution in [1.82, 2.24) is 0 Å². The molecular weight excluding hydrogens is 383 g/mol. The predicted octanol–water partition coefficient (Wildman–Crippen LogP) is 8.03. The van der Waals surface area contributed by atoms with E-state index in [-0.39, 0.29) is 41.5 Å². The van der Waals surface area contributed by atoms with Crippen LogP contribution in [0.1, 0.15) is 155 Å². The Morgan fingerprint density at radius 2 is 0.667 bits per heavy atom. The van der Waals surface area contributed by atoms with E-state index >= 15 is 0 Å². The number of carbonyl (C=O) groups is 2. The van der Waals surface area contributed by atoms with Crippen molar-refractivity contribution in [2.75, 3.05) is 0 Å². The summed E-state index contributed by atoms with van der Waals surface area (Å²) in [5.41, 5.74) is 0. The zero-order chi connectivity index (χ0) is 21.4. The zero-order valence-electron chi connectivity index (χ0n) is 19.8. The minimum atomic E-state index is -0.340. The van der Waals surface area contributed by atoms with Gasteiger partial charge in [-0.05, 0) is 12.8 Å². The third-order valence-corrected chi connectivity index (χ3v) is 5.70. The van der Waals surface area contributed by atoms with Gasteiger partial charge in [0.1, 0.15) is 0 Å². The molecule has 0 radical (unpaired) electrons. The molecule has 0 aliphatic carbocycles. The standard InChI is InChI=1S/C26H50O3.Na.H/c1-3-5-7-9-10-11-12-13-14-15-16-17-18-20-22-24-26(28)29-25(27)23-21-19-8-6-4-2;;/h3-24H2,1-2H3;;. The molecule has 0 fully saturated rings. The van der Waals surface area contributed by atoms with Crippen LogP contribution in [0.15, 0.2) is 0 Å². The second kappa shape index (κ2) is 27.2. The number of rotatable bonds is 22. The second-order valence-corrected chi connectivity index (χ2v) is 8.71. The van der Waals surface area contributed by atoms with E-state index in [4.69, 9.17) is 4.74 Å². The first-order valence-corrected chi connectivity index (χ1v) is 12.9. The topological polar surface area (TPSA) is 43.4 Å². The molecule has 0 spiro atoms. The summed E-state index contributed by atoms with van der Waals surface area (Å²) < 4.78 is 4.90. The van der Waals surface area contributed by atoms with Crippen LogP contribution in [0.25, 0.3) is 0 Å². The van der Waals surface area contributed by atoms with Gasteiger partial charge in [-0.15, -0.1) is 0 Å². The zero-order valence-corrected chi connectivity index (χ0v) is 19.8. The summed E-state index contributed by atoms with van der Waals surface area (Å²) in [7, 11) is 0. The van der Waals surface area contributed by atoms with Crippen LogP contribution in [-0.2, 0) is 14.3 Å². The van der Waals surface area contributed by atoms with Crippen molar-refractivity contribution in [1.29, 1.82) is 0 Å². The number of hydrogen-bond donors (Lipinski definition) is 0. The molecule has 30 heavy (non-hydrogen) atoms. The monoisotopic (exact) mass is 434 g/mol. The van der Waals surface area contributed by atoms with Gasteiger partial charge < -0.3 is 4.74 Å². The summed E-state index contributed by atoms with van der Waals surface area (Å²) in [5, 5.41) is 0. The SMILES string of the molecule is CCCCCCCCCCCCCCCCCC(=O)OC(=O)CCCCCCC.[NaH]. The molecule has 174 valence electrons. The van der Waals surface area contributed by atoms with E-state index in [0.29, 0.717) is 12.8 Å². The Balaban J connectivity index is 0. The fraction of sp³-hybridized carbons (Fsp3) is 0.923. The molecule has 0 saturated carbocycles. The summed E-state index contributed by atoms with van der Waals surface area (Å²) in [4.78, 5) is 23.3. The van der Waals surface area contributed by atoms with E-state index in [1.165, 1.54) is 96.3 Å². The first-order chi connectivity index (χ1) is 14.2. The first kappa shape index (κ1) is 32.3. The molecule has 0 aromatic rings. The molecule has 0 saturated heterocycles. The van der Waals surface area contributed by atoms with Crippen molar-refractivity contribution < 1.29 is 14.3 Å². The van der Waals surface area contributed by atoms with Crippen LogP contribution in [0.5, 0.6) is 0 Å². The van der Waals surface area contributed by atoms with Crippen LogP contribution in [0.2, 0.25) is 0 Å². The summed E-state index contributed by atoms with van der Waals surface area (Å²) in [6.07, 6.45) is 25.9. The second-order valence-electron chi connectivity index (χ2n) is 8.71. The van der Waals surface area contributed by atoms with E-state index in [0.717, 1.165) is 32.1 Å². The number of esters is 2. The number of carbonyl (C=O) groups excluding carboxylic acids is 2. The van der Waals surface area contributed by atoms with Crippen LogP contribution in [0.4, 0.5) is 0 Å². The van der Waals surface area contributed by atoms with Gasteiger partial charge in [0.2, 0.25) is 0 Å². The molecule has 0 bridgehead atoms. The number of hydrogen-bond acceptors (Lipinski definition) is 3. The Morgan fingerprint density at radius 3 is 0.933 bits per heavy atom. The fourth-order valence-corrected chi connectivity index (χ4v) is 3.74. The molecular formula is C26H51NaO3. The molecule has 4 heteroatoms. The molecule has 0 aromatic heterocycles. The number of ether oxygens (including phenoxy) is 1. The third kappa shape index (κ3) is 26.2. The van der Waals surface area contributed by atoms with Gasteiger partial charge >= 0.3 is 41.5 Å². The van der Waals surface area contributed by atoms with Crippen molar-refractivity contribution in [3.05, 3.63) is 0 Å². The molecule has 3 nitrogen and oxygen atoms in total. The third-order valence-electron chi connectivity index (χ3n) is 5.70. The normalized spacial score (nSPS) is 10.6. The Bertz CT molecular complexity index is 371. The van der Waals surface area contributed by atoms with Gasteiger partial charge in [-0.25, -0.2) is 0 Å². The van der Waals surface area contributed by atoms with Gasteiger partial charge in [-0.1, -0.05) is 129 Å². The van der Waals surface area contributed by atoms with Crippen LogP contribution in [-0.4, -0.2) is 41.5 Å². The van der Waals surface area contributed by atoms with Crippen molar-refractivity contribution in [2.45, 2.75) is 155 Å². The van der Waals surface area contributed by atoms with Gasteiger partial charge in [0.05, 0.1) is 0 Å². The Hall–Kier alpha value is 0.140. The quantitative estimate of drug-likeness (QED) is 0.0749.